The number of nitrogens with two attached hydrogens (primary N) is 1. The highest BCUT2D eigenvalue weighted by molar-refractivity contribution is 5.98. The number of ketones is 1. The molecule has 0 aliphatic carbocycles. The zero-order valence-corrected chi connectivity index (χ0v) is 9.31. The predicted molar refractivity (Wildman–Crippen MR) is 57.5 cm³/mol. The number of carbonyl (C=O) groups is 1. The minimum Gasteiger partial charge on any atom is -0.321 e. The maximum atomic E-state index is 11.9. The van der Waals surface area contributed by atoms with E-state index in [9.17, 15) is 4.79 Å². The van der Waals surface area contributed by atoms with Crippen LogP contribution in [0.3, 0.4) is 0 Å². The van der Waals surface area contributed by atoms with E-state index < -0.39 is 6.04 Å². The van der Waals surface area contributed by atoms with Gasteiger partial charge in [0.25, 0.3) is 0 Å². The number of aryl methyl sites for hydroxylation is 1. The highest BCUT2D eigenvalue weighted by Gasteiger charge is 2.19. The minimum atomic E-state index is -0.427. The minimum absolute atomic E-state index is 0.0599. The standard InChI is InChI=1S/C10H18N4O/c1-3-5-8(11)10(15)9-7-12-13-14(9)6-4-2/h7-8H,3-6,11H2,1-2H3. The van der Waals surface area contributed by atoms with E-state index in [1.54, 1.807) is 4.68 Å². The molecular formula is C10H18N4O. The second-order valence-electron chi connectivity index (χ2n) is 3.60. The molecule has 0 saturated heterocycles. The zero-order chi connectivity index (χ0) is 11.3. The summed E-state index contributed by atoms with van der Waals surface area (Å²) in [5.74, 6) is -0.0599. The number of hydrogen-bond acceptors (Lipinski definition) is 4. The number of Topliss-reactive ketones (excluding diaryl/α,β-unsaturated/α-hetero) is 1. The molecule has 2 N–H and O–H groups in total. The molecule has 0 aliphatic heterocycles. The Hall–Kier alpha value is -1.23. The molecule has 1 rings (SSSR count). The van der Waals surface area contributed by atoms with E-state index in [-0.39, 0.29) is 5.78 Å². The van der Waals surface area contributed by atoms with Crippen molar-refractivity contribution in [3.63, 3.8) is 0 Å². The number of hydrogen-bond donors (Lipinski definition) is 1. The van der Waals surface area contributed by atoms with Gasteiger partial charge in [-0.25, -0.2) is 4.68 Å². The molecule has 0 radical (unpaired) electrons. The Morgan fingerprint density at radius 1 is 1.53 bits per heavy atom. The number of nitrogens with zero attached hydrogens (tertiary/aromatic N) is 3. The van der Waals surface area contributed by atoms with Crippen molar-refractivity contribution in [2.45, 2.75) is 45.7 Å². The number of aromatic nitrogens is 3. The third-order valence-corrected chi connectivity index (χ3v) is 2.24. The summed E-state index contributed by atoms with van der Waals surface area (Å²) in [4.78, 5) is 11.9. The SMILES string of the molecule is CCCC(N)C(=O)c1cnnn1CCC. The largest absolute Gasteiger partial charge is 0.321 e. The van der Waals surface area contributed by atoms with Gasteiger partial charge in [0.05, 0.1) is 12.2 Å². The first kappa shape index (κ1) is 11.8. The molecule has 1 atom stereocenters. The monoisotopic (exact) mass is 210 g/mol. The Balaban J connectivity index is 2.76. The van der Waals surface area contributed by atoms with Crippen molar-refractivity contribution in [2.24, 2.45) is 5.73 Å². The van der Waals surface area contributed by atoms with Gasteiger partial charge in [0.15, 0.2) is 5.78 Å². The van der Waals surface area contributed by atoms with Gasteiger partial charge < -0.3 is 5.73 Å². The quantitative estimate of drug-likeness (QED) is 0.711. The second kappa shape index (κ2) is 5.60. The Morgan fingerprint density at radius 2 is 2.27 bits per heavy atom. The lowest BCUT2D eigenvalue weighted by Crippen LogP contribution is -2.32. The first-order valence-corrected chi connectivity index (χ1v) is 5.39. The van der Waals surface area contributed by atoms with Crippen molar-refractivity contribution in [3.05, 3.63) is 11.9 Å². The van der Waals surface area contributed by atoms with Crippen molar-refractivity contribution in [1.82, 2.24) is 15.0 Å². The van der Waals surface area contributed by atoms with Crippen LogP contribution in [-0.4, -0.2) is 26.8 Å². The molecule has 0 aromatic carbocycles. The molecule has 84 valence electrons. The summed E-state index contributed by atoms with van der Waals surface area (Å²) in [5, 5.41) is 7.60. The van der Waals surface area contributed by atoms with Crippen molar-refractivity contribution < 1.29 is 4.79 Å². The molecule has 0 spiro atoms. The lowest BCUT2D eigenvalue weighted by molar-refractivity contribution is 0.0946. The van der Waals surface area contributed by atoms with Crippen LogP contribution in [0, 0.1) is 0 Å². The highest BCUT2D eigenvalue weighted by atomic mass is 16.1. The van der Waals surface area contributed by atoms with E-state index in [4.69, 9.17) is 5.73 Å². The van der Waals surface area contributed by atoms with E-state index in [1.807, 2.05) is 13.8 Å². The van der Waals surface area contributed by atoms with Gasteiger partial charge in [-0.05, 0) is 12.8 Å². The summed E-state index contributed by atoms with van der Waals surface area (Å²) in [7, 11) is 0. The van der Waals surface area contributed by atoms with Gasteiger partial charge in [-0.15, -0.1) is 5.10 Å². The van der Waals surface area contributed by atoms with Crippen LogP contribution in [0.5, 0.6) is 0 Å². The third kappa shape index (κ3) is 2.86. The molecule has 1 heterocycles. The van der Waals surface area contributed by atoms with Crippen LogP contribution in [0.4, 0.5) is 0 Å². The van der Waals surface area contributed by atoms with Crippen molar-refractivity contribution in [1.29, 1.82) is 0 Å². The molecule has 15 heavy (non-hydrogen) atoms. The summed E-state index contributed by atoms with van der Waals surface area (Å²) >= 11 is 0. The van der Waals surface area contributed by atoms with Gasteiger partial charge in [-0.2, -0.15) is 0 Å². The van der Waals surface area contributed by atoms with Crippen molar-refractivity contribution >= 4 is 5.78 Å². The van der Waals surface area contributed by atoms with Crippen molar-refractivity contribution in [3.8, 4) is 0 Å². The fourth-order valence-electron chi connectivity index (χ4n) is 1.46. The maximum Gasteiger partial charge on any atom is 0.199 e. The fraction of sp³-hybridized carbons (Fsp3) is 0.700. The van der Waals surface area contributed by atoms with Crippen LogP contribution < -0.4 is 5.73 Å². The molecule has 1 aromatic heterocycles. The van der Waals surface area contributed by atoms with Crippen LogP contribution in [0.1, 0.15) is 43.6 Å². The number of rotatable bonds is 6. The molecule has 5 heteroatoms. The highest BCUT2D eigenvalue weighted by Crippen LogP contribution is 2.05. The average Bonchev–Trinajstić information content (AvgIpc) is 2.66. The molecule has 5 nitrogen and oxygen atoms in total. The van der Waals surface area contributed by atoms with Gasteiger partial charge in [-0.3, -0.25) is 4.79 Å². The Bertz CT molecular complexity index is 321. The molecule has 0 fully saturated rings. The molecule has 0 saturated carbocycles. The maximum absolute atomic E-state index is 11.9. The molecular weight excluding hydrogens is 192 g/mol. The Morgan fingerprint density at radius 3 is 2.87 bits per heavy atom. The summed E-state index contributed by atoms with van der Waals surface area (Å²) in [6, 6.07) is -0.427. The van der Waals surface area contributed by atoms with Crippen molar-refractivity contribution in [2.75, 3.05) is 0 Å². The van der Waals surface area contributed by atoms with E-state index in [0.29, 0.717) is 18.7 Å². The Kier molecular flexibility index (Phi) is 4.42. The van der Waals surface area contributed by atoms with Crippen LogP contribution in [0.2, 0.25) is 0 Å². The second-order valence-corrected chi connectivity index (χ2v) is 3.60. The molecule has 0 aliphatic rings. The molecule has 1 aromatic rings. The Labute approximate surface area is 89.6 Å². The summed E-state index contributed by atoms with van der Waals surface area (Å²) in [6.07, 6.45) is 4.03. The van der Waals surface area contributed by atoms with E-state index in [2.05, 4.69) is 10.3 Å². The first-order chi connectivity index (χ1) is 7.20. The summed E-state index contributed by atoms with van der Waals surface area (Å²) < 4.78 is 1.62. The lowest BCUT2D eigenvalue weighted by atomic mass is 10.1. The number of carbonyl (C=O) groups excluding carboxylic acids is 1. The van der Waals surface area contributed by atoms with Crippen LogP contribution in [0.15, 0.2) is 6.20 Å². The fourth-order valence-corrected chi connectivity index (χ4v) is 1.46. The van der Waals surface area contributed by atoms with E-state index in [0.717, 1.165) is 12.8 Å². The van der Waals surface area contributed by atoms with Gasteiger partial charge in [0.1, 0.15) is 5.69 Å². The smallest absolute Gasteiger partial charge is 0.199 e. The normalized spacial score (nSPS) is 12.7. The summed E-state index contributed by atoms with van der Waals surface area (Å²) in [5.41, 5.74) is 6.29. The summed E-state index contributed by atoms with van der Waals surface area (Å²) in [6.45, 7) is 4.75. The average molecular weight is 210 g/mol. The predicted octanol–water partition coefficient (Wildman–Crippen LogP) is 0.998. The van der Waals surface area contributed by atoms with Gasteiger partial charge in [0, 0.05) is 6.54 Å². The van der Waals surface area contributed by atoms with Gasteiger partial charge in [-0.1, -0.05) is 25.5 Å². The van der Waals surface area contributed by atoms with Gasteiger partial charge in [0.2, 0.25) is 0 Å². The first-order valence-electron chi connectivity index (χ1n) is 5.39. The zero-order valence-electron chi connectivity index (χ0n) is 9.31. The van der Waals surface area contributed by atoms with Crippen LogP contribution in [0.25, 0.3) is 0 Å². The van der Waals surface area contributed by atoms with E-state index >= 15 is 0 Å². The van der Waals surface area contributed by atoms with Crippen LogP contribution >= 0.6 is 0 Å². The van der Waals surface area contributed by atoms with Crippen LogP contribution in [-0.2, 0) is 6.54 Å². The third-order valence-electron chi connectivity index (χ3n) is 2.24. The van der Waals surface area contributed by atoms with E-state index in [1.165, 1.54) is 6.20 Å². The molecule has 1 unspecified atom stereocenters. The topological polar surface area (TPSA) is 73.8 Å². The van der Waals surface area contributed by atoms with Gasteiger partial charge >= 0.3 is 0 Å². The molecule has 0 amide bonds. The lowest BCUT2D eigenvalue weighted by Gasteiger charge is -2.09. The molecule has 0 bridgehead atoms.